The van der Waals surface area contributed by atoms with Crippen LogP contribution in [0.25, 0.3) is 0 Å². The van der Waals surface area contributed by atoms with Crippen molar-refractivity contribution in [3.8, 4) is 0 Å². The molecule has 1 aromatic rings. The molecular formula is C9H10NO6P. The molecule has 0 radical (unpaired) electrons. The number of aromatic carboxylic acids is 1. The molecule has 0 fully saturated rings. The molecule has 17 heavy (non-hydrogen) atoms. The highest BCUT2D eigenvalue weighted by Crippen LogP contribution is 2.33. The molecule has 7 nitrogen and oxygen atoms in total. The number of carboxylic acids is 1. The van der Waals surface area contributed by atoms with Crippen molar-refractivity contribution in [2.24, 2.45) is 0 Å². The van der Waals surface area contributed by atoms with E-state index in [-0.39, 0.29) is 11.3 Å². The van der Waals surface area contributed by atoms with Gasteiger partial charge in [-0.25, -0.2) is 4.79 Å². The summed E-state index contributed by atoms with van der Waals surface area (Å²) in [4.78, 5) is 38.8. The minimum absolute atomic E-state index is 0.0537. The molecule has 0 aliphatic carbocycles. The third-order valence-corrected chi connectivity index (χ3v) is 2.46. The van der Waals surface area contributed by atoms with Crippen LogP contribution in [0.3, 0.4) is 0 Å². The fourth-order valence-corrected chi connectivity index (χ4v) is 1.54. The Balaban J connectivity index is 2.67. The maximum Gasteiger partial charge on any atom is 0.335 e. The van der Waals surface area contributed by atoms with Crippen LogP contribution < -0.4 is 5.32 Å². The Bertz CT molecular complexity index is 477. The lowest BCUT2D eigenvalue weighted by atomic mass is 10.2. The smallest absolute Gasteiger partial charge is 0.335 e. The molecule has 1 rings (SSSR count). The molecule has 0 bridgehead atoms. The van der Waals surface area contributed by atoms with Crippen molar-refractivity contribution in [1.29, 1.82) is 0 Å². The second-order valence-electron chi connectivity index (χ2n) is 3.25. The summed E-state index contributed by atoms with van der Waals surface area (Å²) in [6, 6.07) is 5.22. The highest BCUT2D eigenvalue weighted by molar-refractivity contribution is 7.52. The van der Waals surface area contributed by atoms with E-state index >= 15 is 0 Å². The van der Waals surface area contributed by atoms with Crippen LogP contribution in [-0.4, -0.2) is 32.9 Å². The minimum atomic E-state index is -4.39. The lowest BCUT2D eigenvalue weighted by Crippen LogP contribution is -2.16. The molecule has 0 saturated heterocycles. The molecule has 0 atom stereocenters. The lowest BCUT2D eigenvalue weighted by molar-refractivity contribution is -0.114. The van der Waals surface area contributed by atoms with E-state index < -0.39 is 25.6 Å². The molecule has 4 N–H and O–H groups in total. The predicted molar refractivity (Wildman–Crippen MR) is 58.9 cm³/mol. The number of benzene rings is 1. The van der Waals surface area contributed by atoms with Gasteiger partial charge in [0.05, 0.1) is 5.56 Å². The van der Waals surface area contributed by atoms with Crippen molar-refractivity contribution in [3.63, 3.8) is 0 Å². The fraction of sp³-hybridized carbons (Fsp3) is 0.111. The molecule has 1 aromatic carbocycles. The fourth-order valence-electron chi connectivity index (χ4n) is 1.08. The SMILES string of the molecule is O=C(CP(=O)(O)O)Nc1ccc(C(=O)O)cc1. The molecule has 8 heteroatoms. The second kappa shape index (κ2) is 5.09. The van der Waals surface area contributed by atoms with E-state index in [0.717, 1.165) is 0 Å². The van der Waals surface area contributed by atoms with Gasteiger partial charge in [-0.05, 0) is 24.3 Å². The molecule has 0 heterocycles. The van der Waals surface area contributed by atoms with Crippen LogP contribution in [0.1, 0.15) is 10.4 Å². The molecule has 0 aromatic heterocycles. The van der Waals surface area contributed by atoms with Gasteiger partial charge in [-0.1, -0.05) is 0 Å². The summed E-state index contributed by atoms with van der Waals surface area (Å²) >= 11 is 0. The van der Waals surface area contributed by atoms with Crippen molar-refractivity contribution in [2.45, 2.75) is 0 Å². The molecule has 1 amide bonds. The van der Waals surface area contributed by atoms with Crippen LogP contribution in [0, 0.1) is 0 Å². The summed E-state index contributed by atoms with van der Waals surface area (Å²) in [5.74, 6) is -1.93. The summed E-state index contributed by atoms with van der Waals surface area (Å²) < 4.78 is 10.5. The van der Waals surface area contributed by atoms with Crippen LogP contribution in [0.2, 0.25) is 0 Å². The maximum absolute atomic E-state index is 11.1. The van der Waals surface area contributed by atoms with Gasteiger partial charge in [-0.15, -0.1) is 0 Å². The normalized spacial score (nSPS) is 10.9. The van der Waals surface area contributed by atoms with E-state index in [2.05, 4.69) is 5.32 Å². The van der Waals surface area contributed by atoms with Crippen molar-refractivity contribution < 1.29 is 29.0 Å². The molecule has 0 spiro atoms. The Morgan fingerprint density at radius 3 is 2.12 bits per heavy atom. The first-order chi connectivity index (χ1) is 7.78. The van der Waals surface area contributed by atoms with Crippen molar-refractivity contribution in [1.82, 2.24) is 0 Å². The summed E-state index contributed by atoms with van der Waals surface area (Å²) in [5, 5.41) is 10.9. The van der Waals surface area contributed by atoms with Crippen molar-refractivity contribution >= 4 is 25.2 Å². The minimum Gasteiger partial charge on any atom is -0.478 e. The summed E-state index contributed by atoms with van der Waals surface area (Å²) in [6.07, 6.45) is -0.909. The number of rotatable bonds is 4. The summed E-state index contributed by atoms with van der Waals surface area (Å²) in [5.41, 5.74) is 0.325. The average Bonchev–Trinajstić information content (AvgIpc) is 2.15. The van der Waals surface area contributed by atoms with Gasteiger partial charge in [0.15, 0.2) is 0 Å². The van der Waals surface area contributed by atoms with Gasteiger partial charge >= 0.3 is 13.6 Å². The third kappa shape index (κ3) is 4.78. The average molecular weight is 259 g/mol. The zero-order chi connectivity index (χ0) is 13.1. The van der Waals surface area contributed by atoms with Crippen LogP contribution in [0.15, 0.2) is 24.3 Å². The van der Waals surface area contributed by atoms with Gasteiger partial charge in [0.25, 0.3) is 0 Å². The molecule has 92 valence electrons. The van der Waals surface area contributed by atoms with E-state index in [4.69, 9.17) is 14.9 Å². The summed E-state index contributed by atoms with van der Waals surface area (Å²) in [6.45, 7) is 0. The lowest BCUT2D eigenvalue weighted by Gasteiger charge is -2.06. The number of hydrogen-bond donors (Lipinski definition) is 4. The van der Waals surface area contributed by atoms with Gasteiger partial charge < -0.3 is 20.2 Å². The first-order valence-electron chi connectivity index (χ1n) is 4.46. The van der Waals surface area contributed by atoms with Gasteiger partial charge in [-0.3, -0.25) is 9.36 Å². The zero-order valence-corrected chi connectivity index (χ0v) is 9.42. The molecule has 0 aliphatic rings. The number of carbonyl (C=O) groups is 2. The Labute approximate surface area is 96.2 Å². The number of carboxylic acid groups (broad SMARTS) is 1. The molecular weight excluding hydrogens is 249 g/mol. The van der Waals surface area contributed by atoms with Crippen LogP contribution in [0.5, 0.6) is 0 Å². The number of anilines is 1. The number of amides is 1. The first kappa shape index (κ1) is 13.4. The van der Waals surface area contributed by atoms with Gasteiger partial charge in [-0.2, -0.15) is 0 Å². The van der Waals surface area contributed by atoms with Gasteiger partial charge in [0.2, 0.25) is 5.91 Å². The van der Waals surface area contributed by atoms with E-state index in [1.54, 1.807) is 0 Å². The topological polar surface area (TPSA) is 124 Å². The standard InChI is InChI=1S/C9H10NO6P/c11-8(5-17(14,15)16)10-7-3-1-6(2-4-7)9(12)13/h1-4H,5H2,(H,10,11)(H,12,13)(H2,14,15,16). The van der Waals surface area contributed by atoms with Crippen LogP contribution in [0.4, 0.5) is 5.69 Å². The molecule has 0 aliphatic heterocycles. The Morgan fingerprint density at radius 1 is 1.18 bits per heavy atom. The maximum atomic E-state index is 11.1. The van der Waals surface area contributed by atoms with Crippen LogP contribution >= 0.6 is 7.60 Å². The zero-order valence-electron chi connectivity index (χ0n) is 8.53. The van der Waals surface area contributed by atoms with E-state index in [1.165, 1.54) is 24.3 Å². The van der Waals surface area contributed by atoms with Crippen molar-refractivity contribution in [2.75, 3.05) is 11.5 Å². The molecule has 0 saturated carbocycles. The van der Waals surface area contributed by atoms with Crippen molar-refractivity contribution in [3.05, 3.63) is 29.8 Å². The first-order valence-corrected chi connectivity index (χ1v) is 6.25. The van der Waals surface area contributed by atoms with E-state index in [1.807, 2.05) is 0 Å². The number of hydrogen-bond acceptors (Lipinski definition) is 3. The Hall–Kier alpha value is -1.69. The van der Waals surface area contributed by atoms with E-state index in [0.29, 0.717) is 0 Å². The largest absolute Gasteiger partial charge is 0.478 e. The number of carbonyl (C=O) groups excluding carboxylic acids is 1. The monoisotopic (exact) mass is 259 g/mol. The molecule has 0 unspecified atom stereocenters. The Morgan fingerprint density at radius 2 is 1.71 bits per heavy atom. The number of nitrogens with one attached hydrogen (secondary N) is 1. The highest BCUT2D eigenvalue weighted by atomic mass is 31.2. The summed E-state index contributed by atoms with van der Waals surface area (Å²) in [7, 11) is -4.39. The van der Waals surface area contributed by atoms with Gasteiger partial charge in [0, 0.05) is 5.69 Å². The predicted octanol–water partition coefficient (Wildman–Crippen LogP) is 0.501. The third-order valence-electron chi connectivity index (χ3n) is 1.77. The van der Waals surface area contributed by atoms with E-state index in [9.17, 15) is 14.2 Å². The second-order valence-corrected chi connectivity index (χ2v) is 4.90. The Kier molecular flexibility index (Phi) is 4.01. The van der Waals surface area contributed by atoms with Gasteiger partial charge in [0.1, 0.15) is 6.16 Å². The van der Waals surface area contributed by atoms with Crippen LogP contribution in [-0.2, 0) is 9.36 Å². The highest BCUT2D eigenvalue weighted by Gasteiger charge is 2.18. The quantitative estimate of drug-likeness (QED) is 0.584.